The number of hydrogen-bond donors (Lipinski definition) is 3. The maximum atomic E-state index is 11.6. The summed E-state index contributed by atoms with van der Waals surface area (Å²) in [6, 6.07) is 5.82. The lowest BCUT2D eigenvalue weighted by atomic mass is 10.2. The second-order valence-electron chi connectivity index (χ2n) is 6.11. The second-order valence-corrected chi connectivity index (χ2v) is 6.11. The van der Waals surface area contributed by atoms with Gasteiger partial charge in [-0.1, -0.05) is 6.07 Å². The fraction of sp³-hybridized carbons (Fsp3) is 0.579. The van der Waals surface area contributed by atoms with Crippen LogP contribution < -0.4 is 25.4 Å². The first-order chi connectivity index (χ1) is 12.7. The summed E-state index contributed by atoms with van der Waals surface area (Å²) in [5.41, 5.74) is 1.04. The molecule has 0 aliphatic heterocycles. The zero-order valence-corrected chi connectivity index (χ0v) is 18.7. The number of rotatable bonds is 10. The maximum absolute atomic E-state index is 11.6. The molecule has 1 amide bonds. The monoisotopic (exact) mass is 490 g/mol. The molecule has 7 nitrogen and oxygen atoms in total. The van der Waals surface area contributed by atoms with Crippen LogP contribution >= 0.6 is 24.0 Å². The quantitative estimate of drug-likeness (QED) is 0.203. The molecular formula is C19H31IN4O3. The van der Waals surface area contributed by atoms with Crippen molar-refractivity contribution in [3.8, 4) is 11.5 Å². The molecule has 0 heterocycles. The SMILES string of the molecule is CCNC(=NCc1ccc(OC)c(OCC)c1)NCCNC(=O)C1CC1.I. The van der Waals surface area contributed by atoms with E-state index < -0.39 is 0 Å². The third-order valence-electron chi connectivity index (χ3n) is 3.96. The Labute approximate surface area is 178 Å². The molecule has 0 spiro atoms. The zero-order chi connectivity index (χ0) is 18.8. The van der Waals surface area contributed by atoms with Gasteiger partial charge in [0.25, 0.3) is 0 Å². The van der Waals surface area contributed by atoms with E-state index in [-0.39, 0.29) is 35.8 Å². The average molecular weight is 490 g/mol. The van der Waals surface area contributed by atoms with Crippen LogP contribution in [0.4, 0.5) is 0 Å². The Morgan fingerprint density at radius 3 is 2.52 bits per heavy atom. The van der Waals surface area contributed by atoms with Gasteiger partial charge in [-0.3, -0.25) is 4.79 Å². The number of methoxy groups -OCH3 is 1. The van der Waals surface area contributed by atoms with Gasteiger partial charge in [-0.25, -0.2) is 4.99 Å². The summed E-state index contributed by atoms with van der Waals surface area (Å²) in [6.45, 7) is 7.07. The highest BCUT2D eigenvalue weighted by Crippen LogP contribution is 2.29. The smallest absolute Gasteiger partial charge is 0.223 e. The highest BCUT2D eigenvalue weighted by Gasteiger charge is 2.28. The molecule has 27 heavy (non-hydrogen) atoms. The van der Waals surface area contributed by atoms with E-state index in [0.29, 0.717) is 26.2 Å². The van der Waals surface area contributed by atoms with Crippen LogP contribution in [0.1, 0.15) is 32.3 Å². The Morgan fingerprint density at radius 2 is 1.89 bits per heavy atom. The highest BCUT2D eigenvalue weighted by molar-refractivity contribution is 14.0. The molecule has 152 valence electrons. The number of carbonyl (C=O) groups excluding carboxylic acids is 1. The van der Waals surface area contributed by atoms with E-state index in [1.54, 1.807) is 7.11 Å². The molecule has 1 aliphatic rings. The van der Waals surface area contributed by atoms with Gasteiger partial charge in [-0.2, -0.15) is 0 Å². The fourth-order valence-electron chi connectivity index (χ4n) is 2.46. The molecular weight excluding hydrogens is 459 g/mol. The molecule has 1 saturated carbocycles. The van der Waals surface area contributed by atoms with Crippen molar-refractivity contribution in [3.63, 3.8) is 0 Å². The lowest BCUT2D eigenvalue weighted by molar-refractivity contribution is -0.122. The Balaban J connectivity index is 0.00000364. The van der Waals surface area contributed by atoms with Gasteiger partial charge in [0.15, 0.2) is 17.5 Å². The molecule has 0 bridgehead atoms. The van der Waals surface area contributed by atoms with Crippen molar-refractivity contribution in [1.29, 1.82) is 0 Å². The molecule has 8 heteroatoms. The van der Waals surface area contributed by atoms with E-state index in [4.69, 9.17) is 9.47 Å². The number of nitrogens with one attached hydrogen (secondary N) is 3. The summed E-state index contributed by atoms with van der Waals surface area (Å²) < 4.78 is 10.9. The molecule has 1 fully saturated rings. The van der Waals surface area contributed by atoms with E-state index in [2.05, 4.69) is 20.9 Å². The van der Waals surface area contributed by atoms with Crippen molar-refractivity contribution in [1.82, 2.24) is 16.0 Å². The first-order valence-electron chi connectivity index (χ1n) is 9.27. The summed E-state index contributed by atoms with van der Waals surface area (Å²) in [4.78, 5) is 16.2. The molecule has 3 N–H and O–H groups in total. The number of halogens is 1. The van der Waals surface area contributed by atoms with Crippen LogP contribution in [0.2, 0.25) is 0 Å². The summed E-state index contributed by atoms with van der Waals surface area (Å²) in [5.74, 6) is 2.57. The minimum absolute atomic E-state index is 0. The highest BCUT2D eigenvalue weighted by atomic mass is 127. The molecule has 1 aromatic rings. The van der Waals surface area contributed by atoms with Gasteiger partial charge in [-0.15, -0.1) is 24.0 Å². The van der Waals surface area contributed by atoms with Crippen molar-refractivity contribution >= 4 is 35.8 Å². The van der Waals surface area contributed by atoms with Gasteiger partial charge in [0, 0.05) is 25.6 Å². The molecule has 0 aromatic heterocycles. The summed E-state index contributed by atoms with van der Waals surface area (Å²) in [7, 11) is 1.63. The molecule has 0 saturated heterocycles. The Bertz CT molecular complexity index is 621. The van der Waals surface area contributed by atoms with Crippen molar-refractivity contribution in [3.05, 3.63) is 23.8 Å². The maximum Gasteiger partial charge on any atom is 0.223 e. The third kappa shape index (κ3) is 8.23. The van der Waals surface area contributed by atoms with Gasteiger partial charge in [0.2, 0.25) is 5.91 Å². The van der Waals surface area contributed by atoms with E-state index in [1.807, 2.05) is 32.0 Å². The van der Waals surface area contributed by atoms with Crippen molar-refractivity contribution < 1.29 is 14.3 Å². The van der Waals surface area contributed by atoms with E-state index in [1.165, 1.54) is 0 Å². The van der Waals surface area contributed by atoms with Crippen molar-refractivity contribution in [2.75, 3.05) is 33.4 Å². The fourth-order valence-corrected chi connectivity index (χ4v) is 2.46. The van der Waals surface area contributed by atoms with E-state index in [0.717, 1.165) is 42.4 Å². The summed E-state index contributed by atoms with van der Waals surface area (Å²) in [6.07, 6.45) is 2.05. The molecule has 1 aliphatic carbocycles. The van der Waals surface area contributed by atoms with Crippen LogP contribution in [0.5, 0.6) is 11.5 Å². The lowest BCUT2D eigenvalue weighted by Gasteiger charge is -2.13. The standard InChI is InChI=1S/C19H30N4O3.HI/c1-4-20-19(22-11-10-21-18(24)15-7-8-15)23-13-14-6-9-16(25-3)17(12-14)26-5-2;/h6,9,12,15H,4-5,7-8,10-11,13H2,1-3H3,(H,21,24)(H2,20,22,23);1H. The largest absolute Gasteiger partial charge is 0.493 e. The third-order valence-corrected chi connectivity index (χ3v) is 3.96. The van der Waals surface area contributed by atoms with Crippen molar-refractivity contribution in [2.24, 2.45) is 10.9 Å². The Hall–Kier alpha value is -1.71. The topological polar surface area (TPSA) is 84.0 Å². The first-order valence-corrected chi connectivity index (χ1v) is 9.27. The average Bonchev–Trinajstić information content (AvgIpc) is 3.48. The van der Waals surface area contributed by atoms with Gasteiger partial charge in [0.1, 0.15) is 0 Å². The lowest BCUT2D eigenvalue weighted by Crippen LogP contribution is -2.41. The van der Waals surface area contributed by atoms with E-state index >= 15 is 0 Å². The van der Waals surface area contributed by atoms with Crippen LogP contribution in [0.25, 0.3) is 0 Å². The van der Waals surface area contributed by atoms with Gasteiger partial charge in [0.05, 0.1) is 20.3 Å². The number of benzene rings is 1. The number of amides is 1. The van der Waals surface area contributed by atoms with E-state index in [9.17, 15) is 4.79 Å². The number of ether oxygens (including phenoxy) is 2. The molecule has 0 unspecified atom stereocenters. The van der Waals surface area contributed by atoms with Crippen LogP contribution in [0.15, 0.2) is 23.2 Å². The zero-order valence-electron chi connectivity index (χ0n) is 16.3. The first kappa shape index (κ1) is 23.3. The Kier molecular flexibility index (Phi) is 10.9. The molecule has 1 aromatic carbocycles. The molecule has 0 atom stereocenters. The molecule has 2 rings (SSSR count). The van der Waals surface area contributed by atoms with Gasteiger partial charge in [-0.05, 0) is 44.4 Å². The van der Waals surface area contributed by atoms with Gasteiger partial charge >= 0.3 is 0 Å². The van der Waals surface area contributed by atoms with Crippen molar-refractivity contribution in [2.45, 2.75) is 33.2 Å². The minimum atomic E-state index is 0. The second kappa shape index (κ2) is 12.6. The number of nitrogens with zero attached hydrogens (tertiary/aromatic N) is 1. The predicted octanol–water partition coefficient (Wildman–Crippen LogP) is 2.29. The number of aliphatic imine (C=N–C) groups is 1. The summed E-state index contributed by atoms with van der Waals surface area (Å²) in [5, 5.41) is 9.38. The summed E-state index contributed by atoms with van der Waals surface area (Å²) >= 11 is 0. The number of carbonyl (C=O) groups is 1. The normalized spacial score (nSPS) is 13.4. The van der Waals surface area contributed by atoms with Crippen LogP contribution in [-0.2, 0) is 11.3 Å². The number of guanidine groups is 1. The van der Waals surface area contributed by atoms with Crippen LogP contribution in [-0.4, -0.2) is 45.2 Å². The van der Waals surface area contributed by atoms with Crippen LogP contribution in [0, 0.1) is 5.92 Å². The van der Waals surface area contributed by atoms with Crippen LogP contribution in [0.3, 0.4) is 0 Å². The minimum Gasteiger partial charge on any atom is -0.493 e. The molecule has 0 radical (unpaired) electrons. The number of hydrogen-bond acceptors (Lipinski definition) is 4. The predicted molar refractivity (Wildman–Crippen MR) is 118 cm³/mol. The van der Waals surface area contributed by atoms with Gasteiger partial charge < -0.3 is 25.4 Å². The Morgan fingerprint density at radius 1 is 1.15 bits per heavy atom.